The van der Waals surface area contributed by atoms with Crippen molar-refractivity contribution < 1.29 is 24.0 Å². The summed E-state index contributed by atoms with van der Waals surface area (Å²) >= 11 is 3.93. The Morgan fingerprint density at radius 3 is 1.70 bits per heavy atom. The van der Waals surface area contributed by atoms with Crippen LogP contribution in [0.5, 0.6) is 0 Å². The average molecular weight is 395 g/mol. The maximum absolute atomic E-state index is 11.6. The fraction of sp³-hybridized carbons (Fsp3) is 0.375. The smallest absolute Gasteiger partial charge is 0.259 e. The Morgan fingerprint density at radius 2 is 1.26 bits per heavy atom. The van der Waals surface area contributed by atoms with Crippen LogP contribution in [0.1, 0.15) is 0 Å². The van der Waals surface area contributed by atoms with E-state index in [4.69, 9.17) is 0 Å². The first-order chi connectivity index (χ1) is 12.9. The first kappa shape index (κ1) is 22.0. The van der Waals surface area contributed by atoms with Crippen molar-refractivity contribution in [3.8, 4) is 0 Å². The van der Waals surface area contributed by atoms with Crippen molar-refractivity contribution in [2.75, 3.05) is 38.5 Å². The summed E-state index contributed by atoms with van der Waals surface area (Å²) in [6, 6.07) is 0. The van der Waals surface area contributed by atoms with Gasteiger partial charge in [0.25, 0.3) is 5.91 Å². The molecule has 0 heterocycles. The van der Waals surface area contributed by atoms with E-state index in [2.05, 4.69) is 44.9 Å². The van der Waals surface area contributed by atoms with Crippen molar-refractivity contribution in [1.29, 1.82) is 0 Å². The van der Waals surface area contributed by atoms with Gasteiger partial charge in [-0.25, -0.2) is 0 Å². The lowest BCUT2D eigenvalue weighted by Crippen LogP contribution is -2.45. The molecule has 1 aliphatic carbocycles. The first-order valence-electron chi connectivity index (χ1n) is 8.01. The molecule has 0 saturated carbocycles. The molecule has 146 valence electrons. The van der Waals surface area contributed by atoms with Crippen molar-refractivity contribution in [3.05, 3.63) is 29.5 Å². The molecule has 0 saturated heterocycles. The molecule has 0 aromatic heterocycles. The SMILES string of the molecule is O=C(CNC(=O)CNC(=O)CNC(=O)CNC(=O)C1=C=CC=C1)NCCS. The van der Waals surface area contributed by atoms with E-state index in [1.807, 2.05) is 0 Å². The molecule has 10 nitrogen and oxygen atoms in total. The molecule has 0 unspecified atom stereocenters. The maximum Gasteiger partial charge on any atom is 0.259 e. The highest BCUT2D eigenvalue weighted by Crippen LogP contribution is 2.00. The topological polar surface area (TPSA) is 146 Å². The molecular weight excluding hydrogens is 374 g/mol. The van der Waals surface area contributed by atoms with Crippen molar-refractivity contribution in [3.63, 3.8) is 0 Å². The average Bonchev–Trinajstić information content (AvgIpc) is 3.20. The molecule has 0 aromatic carbocycles. The number of amides is 5. The van der Waals surface area contributed by atoms with Gasteiger partial charge >= 0.3 is 0 Å². The molecule has 1 aliphatic rings. The first-order valence-corrected chi connectivity index (χ1v) is 8.65. The molecule has 27 heavy (non-hydrogen) atoms. The lowest BCUT2D eigenvalue weighted by Gasteiger charge is -2.08. The number of allylic oxidation sites excluding steroid dienone is 1. The normalized spacial score (nSPS) is 11.4. The Labute approximate surface area is 161 Å². The van der Waals surface area contributed by atoms with E-state index in [0.29, 0.717) is 17.9 Å². The molecule has 0 aromatic rings. The van der Waals surface area contributed by atoms with Gasteiger partial charge in [0.05, 0.1) is 31.8 Å². The van der Waals surface area contributed by atoms with E-state index >= 15 is 0 Å². The summed E-state index contributed by atoms with van der Waals surface area (Å²) in [5, 5.41) is 11.8. The van der Waals surface area contributed by atoms with Gasteiger partial charge in [0.15, 0.2) is 0 Å². The Morgan fingerprint density at radius 1 is 0.778 bits per heavy atom. The zero-order chi connectivity index (χ0) is 20.1. The van der Waals surface area contributed by atoms with Gasteiger partial charge in [-0.3, -0.25) is 24.0 Å². The van der Waals surface area contributed by atoms with Gasteiger partial charge in [-0.1, -0.05) is 6.08 Å². The van der Waals surface area contributed by atoms with Crippen molar-refractivity contribution in [1.82, 2.24) is 26.6 Å². The van der Waals surface area contributed by atoms with E-state index in [1.54, 1.807) is 18.2 Å². The lowest BCUT2D eigenvalue weighted by atomic mass is 10.3. The van der Waals surface area contributed by atoms with Gasteiger partial charge in [-0.2, -0.15) is 12.6 Å². The predicted molar refractivity (Wildman–Crippen MR) is 99.6 cm³/mol. The molecule has 0 radical (unpaired) electrons. The van der Waals surface area contributed by atoms with Crippen LogP contribution >= 0.6 is 12.6 Å². The molecular formula is C16H21N5O5S. The van der Waals surface area contributed by atoms with Crippen LogP contribution in [0.25, 0.3) is 0 Å². The third kappa shape index (κ3) is 9.88. The molecule has 11 heteroatoms. The number of carbonyl (C=O) groups excluding carboxylic acids is 5. The third-order valence-corrected chi connectivity index (χ3v) is 3.25. The lowest BCUT2D eigenvalue weighted by molar-refractivity contribution is -0.128. The summed E-state index contributed by atoms with van der Waals surface area (Å²) in [6.45, 7) is -0.808. The summed E-state index contributed by atoms with van der Waals surface area (Å²) < 4.78 is 0. The Bertz CT molecular complexity index is 697. The number of carbonyl (C=O) groups is 5. The minimum absolute atomic E-state index is 0.209. The Kier molecular flexibility index (Phi) is 10.1. The van der Waals surface area contributed by atoms with Gasteiger partial charge in [0.1, 0.15) is 0 Å². The number of rotatable bonds is 11. The monoisotopic (exact) mass is 395 g/mol. The van der Waals surface area contributed by atoms with Crippen LogP contribution in [-0.2, 0) is 24.0 Å². The van der Waals surface area contributed by atoms with Gasteiger partial charge < -0.3 is 26.6 Å². The quantitative estimate of drug-likeness (QED) is 0.165. The van der Waals surface area contributed by atoms with E-state index in [1.165, 1.54) is 0 Å². The summed E-state index contributed by atoms with van der Waals surface area (Å²) in [5.41, 5.74) is 3.00. The minimum atomic E-state index is -0.589. The summed E-state index contributed by atoms with van der Waals surface area (Å²) in [6.07, 6.45) is 4.77. The van der Waals surface area contributed by atoms with Gasteiger partial charge in [-0.05, 0) is 12.2 Å². The predicted octanol–water partition coefficient (Wildman–Crippen LogP) is -2.85. The summed E-state index contributed by atoms with van der Waals surface area (Å²) in [5.74, 6) is -2.03. The number of nitrogens with one attached hydrogen (secondary N) is 5. The van der Waals surface area contributed by atoms with Crippen molar-refractivity contribution in [2.45, 2.75) is 0 Å². The largest absolute Gasteiger partial charge is 0.354 e. The molecule has 0 bridgehead atoms. The Hall–Kier alpha value is -3.04. The second-order valence-electron chi connectivity index (χ2n) is 5.17. The van der Waals surface area contributed by atoms with Crippen LogP contribution < -0.4 is 26.6 Å². The van der Waals surface area contributed by atoms with Crippen LogP contribution in [0, 0.1) is 0 Å². The fourth-order valence-electron chi connectivity index (χ4n) is 1.71. The molecule has 0 spiro atoms. The highest BCUT2D eigenvalue weighted by atomic mass is 32.1. The van der Waals surface area contributed by atoms with Crippen LogP contribution in [0.2, 0.25) is 0 Å². The van der Waals surface area contributed by atoms with Crippen molar-refractivity contribution in [2.24, 2.45) is 0 Å². The van der Waals surface area contributed by atoms with Gasteiger partial charge in [0, 0.05) is 12.3 Å². The van der Waals surface area contributed by atoms with Gasteiger partial charge in [0.2, 0.25) is 23.6 Å². The molecule has 5 amide bonds. The van der Waals surface area contributed by atoms with Crippen LogP contribution in [0.4, 0.5) is 0 Å². The molecule has 5 N–H and O–H groups in total. The van der Waals surface area contributed by atoms with Crippen LogP contribution in [0.3, 0.4) is 0 Å². The third-order valence-electron chi connectivity index (χ3n) is 3.02. The van der Waals surface area contributed by atoms with Crippen molar-refractivity contribution >= 4 is 42.2 Å². The highest BCUT2D eigenvalue weighted by molar-refractivity contribution is 7.80. The zero-order valence-corrected chi connectivity index (χ0v) is 15.4. The molecule has 0 aliphatic heterocycles. The van der Waals surface area contributed by atoms with Crippen LogP contribution in [0.15, 0.2) is 29.5 Å². The van der Waals surface area contributed by atoms with E-state index in [-0.39, 0.29) is 32.1 Å². The second kappa shape index (κ2) is 12.3. The van der Waals surface area contributed by atoms with E-state index < -0.39 is 23.6 Å². The van der Waals surface area contributed by atoms with E-state index in [9.17, 15) is 24.0 Å². The minimum Gasteiger partial charge on any atom is -0.354 e. The number of hydrogen-bond acceptors (Lipinski definition) is 6. The Balaban J connectivity index is 2.12. The summed E-state index contributed by atoms with van der Waals surface area (Å²) in [7, 11) is 0. The molecule has 0 atom stereocenters. The zero-order valence-electron chi connectivity index (χ0n) is 14.5. The summed E-state index contributed by atoms with van der Waals surface area (Å²) in [4.78, 5) is 57.5. The number of thiol groups is 1. The molecule has 1 rings (SSSR count). The standard InChI is InChI=1S/C16H21N5O5S/c22-12(17-5-6-27)7-18-13(23)8-19-14(24)9-20-15(25)10-21-16(26)11-3-1-2-4-11/h1-3,27H,5-10H2,(H,17,22)(H,18,23)(H,19,24)(H,20,25)(H,21,26). The van der Waals surface area contributed by atoms with Gasteiger partial charge in [-0.15, -0.1) is 5.73 Å². The van der Waals surface area contributed by atoms with E-state index in [0.717, 1.165) is 0 Å². The molecule has 0 fully saturated rings. The van der Waals surface area contributed by atoms with Crippen LogP contribution in [-0.4, -0.2) is 68.0 Å². The maximum atomic E-state index is 11.6. The highest BCUT2D eigenvalue weighted by Gasteiger charge is 2.11. The number of hydrogen-bond donors (Lipinski definition) is 6. The second-order valence-corrected chi connectivity index (χ2v) is 5.62. The fourth-order valence-corrected chi connectivity index (χ4v) is 1.82.